The molecule has 2 atom stereocenters. The zero-order chi connectivity index (χ0) is 23.8. The number of hydrogen-bond acceptors (Lipinski definition) is 4. The highest BCUT2D eigenvalue weighted by Gasteiger charge is 2.43. The first-order valence-electron chi connectivity index (χ1n) is 10.2. The van der Waals surface area contributed by atoms with Crippen LogP contribution in [0, 0.1) is 6.92 Å². The number of carbonyl (C=O) groups is 1. The number of aliphatic hydroxyl groups excluding tert-OH is 1. The Bertz CT molecular complexity index is 1280. The highest BCUT2D eigenvalue weighted by Crippen LogP contribution is 2.37. The molecule has 33 heavy (non-hydrogen) atoms. The number of hydrogen-bond donors (Lipinski definition) is 2. The maximum Gasteiger partial charge on any atom is 0.398 e. The van der Waals surface area contributed by atoms with Crippen molar-refractivity contribution in [1.29, 1.82) is 0 Å². The topological polar surface area (TPSA) is 79.5 Å². The molecule has 2 aromatic carbocycles. The lowest BCUT2D eigenvalue weighted by molar-refractivity contribution is -0.170. The van der Waals surface area contributed by atoms with Crippen LogP contribution in [0.25, 0.3) is 16.9 Å². The van der Waals surface area contributed by atoms with Crippen molar-refractivity contribution >= 4 is 17.4 Å². The number of benzene rings is 2. The summed E-state index contributed by atoms with van der Waals surface area (Å²) in [7, 11) is 0. The van der Waals surface area contributed by atoms with Crippen LogP contribution in [0.1, 0.15) is 34.5 Å². The van der Waals surface area contributed by atoms with Gasteiger partial charge in [-0.15, -0.1) is 0 Å². The number of anilines is 1. The molecule has 0 saturated carbocycles. The molecule has 1 amide bonds. The first-order valence-corrected chi connectivity index (χ1v) is 10.2. The van der Waals surface area contributed by atoms with E-state index in [1.165, 1.54) is 24.3 Å². The number of carbonyl (C=O) groups excluding carboxylic acids is 1. The lowest BCUT2D eigenvalue weighted by Gasteiger charge is -2.23. The fraction of sp³-hybridized carbons (Fsp3) is 0.208. The van der Waals surface area contributed by atoms with Gasteiger partial charge in [-0.2, -0.15) is 18.3 Å². The predicted octanol–water partition coefficient (Wildman–Crippen LogP) is 4.98. The first kappa shape index (κ1) is 22.5. The summed E-state index contributed by atoms with van der Waals surface area (Å²) in [6.07, 6.45) is -6.22. The fourth-order valence-corrected chi connectivity index (χ4v) is 3.74. The molecule has 0 aliphatic carbocycles. The molecule has 0 aliphatic heterocycles. The molecule has 0 fully saturated rings. The van der Waals surface area contributed by atoms with Gasteiger partial charge in [0.05, 0.1) is 17.5 Å². The smallest absolute Gasteiger partial charge is 0.392 e. The fourth-order valence-electron chi connectivity index (χ4n) is 3.74. The molecule has 2 N–H and O–H groups in total. The quantitative estimate of drug-likeness (QED) is 0.446. The molecular weight excluding hydrogens is 433 g/mol. The van der Waals surface area contributed by atoms with Crippen molar-refractivity contribution in [3.8, 4) is 11.3 Å². The normalized spacial score (nSPS) is 13.6. The van der Waals surface area contributed by atoms with Crippen LogP contribution in [0.5, 0.6) is 0 Å². The Kier molecular flexibility index (Phi) is 5.90. The van der Waals surface area contributed by atoms with Crippen molar-refractivity contribution in [2.24, 2.45) is 0 Å². The van der Waals surface area contributed by atoms with E-state index in [0.717, 1.165) is 23.9 Å². The minimum Gasteiger partial charge on any atom is -0.392 e. The molecule has 6 nitrogen and oxygen atoms in total. The van der Waals surface area contributed by atoms with Gasteiger partial charge in [-0.05, 0) is 31.5 Å². The summed E-state index contributed by atoms with van der Waals surface area (Å²) in [6, 6.07) is 18.0. The molecule has 2 unspecified atom stereocenters. The molecular formula is C24H21F3N4O2. The van der Waals surface area contributed by atoms with Gasteiger partial charge in [0.2, 0.25) is 0 Å². The van der Waals surface area contributed by atoms with Crippen molar-refractivity contribution in [2.45, 2.75) is 32.0 Å². The largest absolute Gasteiger partial charge is 0.398 e. The Labute approximate surface area is 187 Å². The number of aryl methyl sites for hydroxylation is 1. The summed E-state index contributed by atoms with van der Waals surface area (Å²) in [5.41, 5.74) is 2.96. The minimum absolute atomic E-state index is 0.116. The van der Waals surface area contributed by atoms with Crippen molar-refractivity contribution in [3.63, 3.8) is 0 Å². The number of fused-ring (bicyclic) bond motifs is 1. The summed E-state index contributed by atoms with van der Waals surface area (Å²) in [6.45, 7) is 2.92. The number of aliphatic hydroxyl groups is 1. The number of amides is 1. The Balaban J connectivity index is 1.63. The Hall–Kier alpha value is -3.72. The van der Waals surface area contributed by atoms with Gasteiger partial charge in [0.15, 0.2) is 5.65 Å². The predicted molar refractivity (Wildman–Crippen MR) is 118 cm³/mol. The minimum atomic E-state index is -4.60. The summed E-state index contributed by atoms with van der Waals surface area (Å²) >= 11 is 0. The molecule has 9 heteroatoms. The van der Waals surface area contributed by atoms with Crippen LogP contribution in [-0.2, 0) is 0 Å². The van der Waals surface area contributed by atoms with Crippen molar-refractivity contribution in [3.05, 3.63) is 83.6 Å². The van der Waals surface area contributed by atoms with Crippen LogP contribution in [0.3, 0.4) is 0 Å². The second-order valence-electron chi connectivity index (χ2n) is 7.78. The maximum atomic E-state index is 13.3. The van der Waals surface area contributed by atoms with Gasteiger partial charge in [0, 0.05) is 23.3 Å². The van der Waals surface area contributed by atoms with E-state index in [-0.39, 0.29) is 16.9 Å². The average molecular weight is 454 g/mol. The van der Waals surface area contributed by atoms with Gasteiger partial charge in [-0.3, -0.25) is 4.79 Å². The molecule has 0 bridgehead atoms. The Morgan fingerprint density at radius 2 is 1.73 bits per heavy atom. The monoisotopic (exact) mass is 454 g/mol. The number of aromatic nitrogens is 3. The van der Waals surface area contributed by atoms with Gasteiger partial charge in [-0.1, -0.05) is 42.5 Å². The van der Waals surface area contributed by atoms with Gasteiger partial charge in [0.1, 0.15) is 11.7 Å². The van der Waals surface area contributed by atoms with E-state index in [9.17, 15) is 23.1 Å². The molecule has 0 saturated heterocycles. The zero-order valence-electron chi connectivity index (χ0n) is 17.8. The SMILES string of the molecule is Cc1cc2nc(NC(=O)c3ccc(C(C(C)O)C(F)(F)F)cc3)cc(-c3ccccc3)n2n1. The number of nitrogens with zero attached hydrogens (tertiary/aromatic N) is 3. The standard InChI is InChI=1S/C24H21F3N4O2/c1-14-12-21-28-20(13-19(31(21)30-14)16-6-4-3-5-7-16)29-23(33)18-10-8-17(9-11-18)22(15(2)32)24(25,26)27/h3-13,15,22,32H,1-2H3,(H,28,29,33). The van der Waals surface area contributed by atoms with Crippen LogP contribution < -0.4 is 5.32 Å². The summed E-state index contributed by atoms with van der Waals surface area (Å²) in [5, 5.41) is 16.7. The molecule has 170 valence electrons. The summed E-state index contributed by atoms with van der Waals surface area (Å²) in [5.74, 6) is -2.26. The molecule has 2 heterocycles. The molecule has 0 aliphatic rings. The average Bonchev–Trinajstić information content (AvgIpc) is 3.13. The molecule has 4 rings (SSSR count). The van der Waals surface area contributed by atoms with Crippen LogP contribution in [0.2, 0.25) is 0 Å². The summed E-state index contributed by atoms with van der Waals surface area (Å²) in [4.78, 5) is 17.2. The van der Waals surface area contributed by atoms with E-state index < -0.39 is 24.1 Å². The van der Waals surface area contributed by atoms with Crippen LogP contribution in [0.4, 0.5) is 19.0 Å². The van der Waals surface area contributed by atoms with E-state index in [4.69, 9.17) is 0 Å². The van der Waals surface area contributed by atoms with E-state index in [0.29, 0.717) is 5.65 Å². The lowest BCUT2D eigenvalue weighted by atomic mass is 9.93. The number of nitrogens with one attached hydrogen (secondary N) is 1. The number of alkyl halides is 3. The van der Waals surface area contributed by atoms with E-state index >= 15 is 0 Å². The van der Waals surface area contributed by atoms with Gasteiger partial charge in [-0.25, -0.2) is 9.50 Å². The zero-order valence-corrected chi connectivity index (χ0v) is 17.8. The Morgan fingerprint density at radius 1 is 1.06 bits per heavy atom. The third kappa shape index (κ3) is 4.73. The third-order valence-corrected chi connectivity index (χ3v) is 5.23. The van der Waals surface area contributed by atoms with Gasteiger partial charge >= 0.3 is 6.18 Å². The number of rotatable bonds is 5. The highest BCUT2D eigenvalue weighted by molar-refractivity contribution is 6.04. The lowest BCUT2D eigenvalue weighted by Crippen LogP contribution is -2.30. The van der Waals surface area contributed by atoms with Crippen molar-refractivity contribution in [2.75, 3.05) is 5.32 Å². The molecule has 2 aromatic heterocycles. The summed E-state index contributed by atoms with van der Waals surface area (Å²) < 4.78 is 41.5. The van der Waals surface area contributed by atoms with E-state index in [1.54, 1.807) is 16.6 Å². The van der Waals surface area contributed by atoms with Gasteiger partial charge in [0.25, 0.3) is 5.91 Å². The number of halogens is 3. The molecule has 0 radical (unpaired) electrons. The van der Waals surface area contributed by atoms with E-state index in [2.05, 4.69) is 15.4 Å². The second kappa shape index (κ2) is 8.67. The van der Waals surface area contributed by atoms with Crippen LogP contribution >= 0.6 is 0 Å². The van der Waals surface area contributed by atoms with Crippen molar-refractivity contribution < 1.29 is 23.1 Å². The maximum absolute atomic E-state index is 13.3. The van der Waals surface area contributed by atoms with Crippen LogP contribution in [0.15, 0.2) is 66.7 Å². The second-order valence-corrected chi connectivity index (χ2v) is 7.78. The highest BCUT2D eigenvalue weighted by atomic mass is 19.4. The first-order chi connectivity index (χ1) is 15.6. The van der Waals surface area contributed by atoms with Crippen LogP contribution in [-0.4, -0.2) is 37.9 Å². The Morgan fingerprint density at radius 3 is 2.33 bits per heavy atom. The van der Waals surface area contributed by atoms with Gasteiger partial charge < -0.3 is 10.4 Å². The van der Waals surface area contributed by atoms with Crippen molar-refractivity contribution in [1.82, 2.24) is 14.6 Å². The third-order valence-electron chi connectivity index (χ3n) is 5.23. The molecule has 4 aromatic rings. The van der Waals surface area contributed by atoms with E-state index in [1.807, 2.05) is 37.3 Å². The molecule has 0 spiro atoms.